The molecule has 1 aromatic heterocycles. The molecule has 0 aliphatic rings. The Kier molecular flexibility index (Phi) is 2.49. The number of nitrogens with one attached hydrogen (secondary N) is 1. The molecule has 0 fully saturated rings. The molecule has 90 valence electrons. The van der Waals surface area contributed by atoms with Crippen molar-refractivity contribution in [1.29, 1.82) is 0 Å². The van der Waals surface area contributed by atoms with Gasteiger partial charge in [0.1, 0.15) is 0 Å². The highest BCUT2D eigenvalue weighted by atomic mass is 19.4. The van der Waals surface area contributed by atoms with Crippen molar-refractivity contribution in [3.8, 4) is 0 Å². The standard InChI is InChI=1S/C9H6F3N3O2/c10-9(11,12)3-5-1-7-6(4-13-14-7)2-8(5)15(16)17/h1-2,4H,3H2,(H,13,14). The molecule has 17 heavy (non-hydrogen) atoms. The van der Waals surface area contributed by atoms with Crippen molar-refractivity contribution in [2.45, 2.75) is 12.6 Å². The molecule has 1 N–H and O–H groups in total. The van der Waals surface area contributed by atoms with Crippen LogP contribution in [0.3, 0.4) is 0 Å². The number of aromatic amines is 1. The minimum Gasteiger partial charge on any atom is -0.278 e. The van der Waals surface area contributed by atoms with Crippen LogP contribution in [-0.2, 0) is 6.42 Å². The first-order chi connectivity index (χ1) is 7.87. The van der Waals surface area contributed by atoms with E-state index >= 15 is 0 Å². The third-order valence-electron chi connectivity index (χ3n) is 2.23. The zero-order valence-corrected chi connectivity index (χ0v) is 8.28. The molecule has 5 nitrogen and oxygen atoms in total. The molecule has 0 unspecified atom stereocenters. The SMILES string of the molecule is O=[N+]([O-])c1cc2cn[nH]c2cc1CC(F)(F)F. The van der Waals surface area contributed by atoms with Crippen LogP contribution >= 0.6 is 0 Å². The number of hydrogen-bond acceptors (Lipinski definition) is 3. The number of alkyl halides is 3. The van der Waals surface area contributed by atoms with E-state index in [2.05, 4.69) is 10.2 Å². The number of benzene rings is 1. The molecule has 8 heteroatoms. The molecule has 0 radical (unpaired) electrons. The summed E-state index contributed by atoms with van der Waals surface area (Å²) in [4.78, 5) is 9.85. The summed E-state index contributed by atoms with van der Waals surface area (Å²) in [6.07, 6.45) is -4.50. The summed E-state index contributed by atoms with van der Waals surface area (Å²) in [5, 5.41) is 17.2. The van der Waals surface area contributed by atoms with E-state index in [0.29, 0.717) is 10.9 Å². The normalized spacial score (nSPS) is 11.9. The Hall–Kier alpha value is -2.12. The number of nitro groups is 1. The number of rotatable bonds is 2. The fraction of sp³-hybridized carbons (Fsp3) is 0.222. The summed E-state index contributed by atoms with van der Waals surface area (Å²) in [6, 6.07) is 2.19. The second-order valence-electron chi connectivity index (χ2n) is 3.49. The Bertz CT molecular complexity index is 576. The first kappa shape index (κ1) is 11.4. The molecule has 2 rings (SSSR count). The maximum Gasteiger partial charge on any atom is 0.393 e. The monoisotopic (exact) mass is 245 g/mol. The van der Waals surface area contributed by atoms with E-state index < -0.39 is 23.2 Å². The third-order valence-corrected chi connectivity index (χ3v) is 2.23. The Morgan fingerprint density at radius 1 is 1.41 bits per heavy atom. The minimum atomic E-state index is -4.49. The molecule has 0 amide bonds. The first-order valence-electron chi connectivity index (χ1n) is 4.54. The topological polar surface area (TPSA) is 71.8 Å². The molecule has 0 aliphatic carbocycles. The van der Waals surface area contributed by atoms with E-state index in [9.17, 15) is 23.3 Å². The Labute approximate surface area is 92.4 Å². The molecule has 0 atom stereocenters. The maximum atomic E-state index is 12.3. The lowest BCUT2D eigenvalue weighted by molar-refractivity contribution is -0.385. The van der Waals surface area contributed by atoms with Crippen molar-refractivity contribution in [2.24, 2.45) is 0 Å². The fourth-order valence-electron chi connectivity index (χ4n) is 1.55. The number of nitrogens with zero attached hydrogens (tertiary/aromatic N) is 2. The van der Waals surface area contributed by atoms with Gasteiger partial charge in [-0.3, -0.25) is 15.2 Å². The number of H-pyrrole nitrogens is 1. The Morgan fingerprint density at radius 3 is 2.71 bits per heavy atom. The van der Waals surface area contributed by atoms with Crippen LogP contribution in [0.15, 0.2) is 18.3 Å². The van der Waals surface area contributed by atoms with Gasteiger partial charge in [0.2, 0.25) is 0 Å². The molecule has 0 aliphatic heterocycles. The lowest BCUT2D eigenvalue weighted by Gasteiger charge is -2.06. The molecule has 1 heterocycles. The van der Waals surface area contributed by atoms with Gasteiger partial charge in [-0.15, -0.1) is 0 Å². The van der Waals surface area contributed by atoms with E-state index in [1.807, 2.05) is 0 Å². The largest absolute Gasteiger partial charge is 0.393 e. The van der Waals surface area contributed by atoms with E-state index in [0.717, 1.165) is 12.1 Å². The van der Waals surface area contributed by atoms with Crippen molar-refractivity contribution in [2.75, 3.05) is 0 Å². The van der Waals surface area contributed by atoms with Gasteiger partial charge in [-0.2, -0.15) is 18.3 Å². The molecule has 0 saturated heterocycles. The molecule has 2 aromatic rings. The average molecular weight is 245 g/mol. The predicted octanol–water partition coefficient (Wildman–Crippen LogP) is 2.58. The van der Waals surface area contributed by atoms with Gasteiger partial charge in [-0.1, -0.05) is 0 Å². The molecule has 0 spiro atoms. The summed E-state index contributed by atoms with van der Waals surface area (Å²) >= 11 is 0. The zero-order chi connectivity index (χ0) is 12.6. The van der Waals surface area contributed by atoms with Crippen LogP contribution in [0.4, 0.5) is 18.9 Å². The summed E-state index contributed by atoms with van der Waals surface area (Å²) in [5.74, 6) is 0. The lowest BCUT2D eigenvalue weighted by Crippen LogP contribution is -2.13. The van der Waals surface area contributed by atoms with Crippen LogP contribution in [0.2, 0.25) is 0 Å². The average Bonchev–Trinajstić information content (AvgIpc) is 2.60. The van der Waals surface area contributed by atoms with Gasteiger partial charge in [0.05, 0.1) is 23.1 Å². The Morgan fingerprint density at radius 2 is 2.12 bits per heavy atom. The summed E-state index contributed by atoms with van der Waals surface area (Å²) in [5.41, 5.74) is -0.578. The highest BCUT2D eigenvalue weighted by Gasteiger charge is 2.31. The number of halogens is 3. The first-order valence-corrected chi connectivity index (χ1v) is 4.54. The van der Waals surface area contributed by atoms with Gasteiger partial charge >= 0.3 is 6.18 Å². The van der Waals surface area contributed by atoms with Gasteiger partial charge < -0.3 is 0 Å². The number of hydrogen-bond donors (Lipinski definition) is 1. The highest BCUT2D eigenvalue weighted by molar-refractivity contribution is 5.82. The summed E-state index contributed by atoms with van der Waals surface area (Å²) in [7, 11) is 0. The number of fused-ring (bicyclic) bond motifs is 1. The summed E-state index contributed by atoms with van der Waals surface area (Å²) in [6.45, 7) is 0. The third kappa shape index (κ3) is 2.35. The molecule has 1 aromatic carbocycles. The lowest BCUT2D eigenvalue weighted by atomic mass is 10.1. The molecular formula is C9H6F3N3O2. The van der Waals surface area contributed by atoms with Gasteiger partial charge in [0, 0.05) is 17.0 Å². The van der Waals surface area contributed by atoms with Crippen molar-refractivity contribution in [1.82, 2.24) is 10.2 Å². The van der Waals surface area contributed by atoms with Crippen LogP contribution in [0.25, 0.3) is 10.9 Å². The molecule has 0 bridgehead atoms. The highest BCUT2D eigenvalue weighted by Crippen LogP contribution is 2.30. The predicted molar refractivity (Wildman–Crippen MR) is 52.5 cm³/mol. The van der Waals surface area contributed by atoms with Crippen LogP contribution in [0, 0.1) is 10.1 Å². The van der Waals surface area contributed by atoms with E-state index in [1.54, 1.807) is 0 Å². The number of aromatic nitrogens is 2. The van der Waals surface area contributed by atoms with Gasteiger partial charge in [0.15, 0.2) is 0 Å². The van der Waals surface area contributed by atoms with Gasteiger partial charge in [-0.25, -0.2) is 0 Å². The van der Waals surface area contributed by atoms with Crippen LogP contribution in [-0.4, -0.2) is 21.3 Å². The van der Waals surface area contributed by atoms with E-state index in [4.69, 9.17) is 0 Å². The van der Waals surface area contributed by atoms with E-state index in [1.165, 1.54) is 6.20 Å². The van der Waals surface area contributed by atoms with Crippen LogP contribution in [0.1, 0.15) is 5.56 Å². The van der Waals surface area contributed by atoms with Crippen molar-refractivity contribution in [3.05, 3.63) is 34.0 Å². The van der Waals surface area contributed by atoms with Crippen molar-refractivity contribution < 1.29 is 18.1 Å². The van der Waals surface area contributed by atoms with Crippen molar-refractivity contribution >= 4 is 16.6 Å². The maximum absolute atomic E-state index is 12.3. The smallest absolute Gasteiger partial charge is 0.278 e. The quantitative estimate of drug-likeness (QED) is 0.652. The Balaban J connectivity index is 2.57. The summed E-state index contributed by atoms with van der Waals surface area (Å²) < 4.78 is 36.8. The minimum absolute atomic E-state index is 0.342. The zero-order valence-electron chi connectivity index (χ0n) is 8.28. The second kappa shape index (κ2) is 3.72. The molecular weight excluding hydrogens is 239 g/mol. The molecule has 0 saturated carbocycles. The fourth-order valence-corrected chi connectivity index (χ4v) is 1.55. The second-order valence-corrected chi connectivity index (χ2v) is 3.49. The van der Waals surface area contributed by atoms with Crippen molar-refractivity contribution in [3.63, 3.8) is 0 Å². The van der Waals surface area contributed by atoms with Crippen LogP contribution < -0.4 is 0 Å². The van der Waals surface area contributed by atoms with Crippen LogP contribution in [0.5, 0.6) is 0 Å². The number of nitro benzene ring substituents is 1. The van der Waals surface area contributed by atoms with Gasteiger partial charge in [0.25, 0.3) is 5.69 Å². The van der Waals surface area contributed by atoms with E-state index in [-0.39, 0.29) is 5.56 Å². The van der Waals surface area contributed by atoms with Gasteiger partial charge in [-0.05, 0) is 6.07 Å².